The van der Waals surface area contributed by atoms with Crippen molar-refractivity contribution >= 4 is 23.5 Å². The predicted octanol–water partition coefficient (Wildman–Crippen LogP) is 1.59. The third-order valence-corrected chi connectivity index (χ3v) is 7.00. The third-order valence-electron chi connectivity index (χ3n) is 7.00. The molecule has 0 spiro atoms. The van der Waals surface area contributed by atoms with E-state index in [0.717, 1.165) is 5.57 Å². The Morgan fingerprint density at radius 2 is 1.08 bits per heavy atom. The fraction of sp³-hybridized carbons (Fsp3) is 0.657. The molecule has 1 unspecified atom stereocenters. The molecule has 14 nitrogen and oxygen atoms in total. The monoisotopic (exact) mass is 694 g/mol. The number of hydrogen-bond acceptors (Lipinski definition) is 12. The van der Waals surface area contributed by atoms with Crippen LogP contribution < -0.4 is 5.32 Å². The van der Waals surface area contributed by atoms with Crippen LogP contribution in [0.1, 0.15) is 26.2 Å². The summed E-state index contributed by atoms with van der Waals surface area (Å²) in [6.07, 6.45) is 13.5. The standard InChI is InChI=1S/C35H54N2O12/c1-30(38)10-13-42-15-17-44-19-21-46-23-25-48-27-28-49-26-24-47-22-20-45-18-16-43-14-11-36-33(39)9-12-37-34(40)29-32(35(37)41)31-7-5-3-2-4-6-8-31/h2-8,32H,9-29H2,1H3,(H,36,39)/b3-2-,4-2?,5-3?,6-4-,7-5-,8-6?,31-7?,31-8+. The molecule has 0 aromatic carbocycles. The minimum atomic E-state index is -0.519. The summed E-state index contributed by atoms with van der Waals surface area (Å²) < 4.78 is 43.4. The van der Waals surface area contributed by atoms with Gasteiger partial charge in [0.15, 0.2) is 0 Å². The van der Waals surface area contributed by atoms with E-state index in [9.17, 15) is 19.2 Å². The molecule has 0 bridgehead atoms. The number of hydrogen-bond donors (Lipinski definition) is 1. The number of carbonyl (C=O) groups is 4. The van der Waals surface area contributed by atoms with Gasteiger partial charge in [0.2, 0.25) is 17.7 Å². The molecule has 1 fully saturated rings. The first kappa shape index (κ1) is 42.1. The zero-order chi connectivity index (χ0) is 35.2. The Labute approximate surface area is 289 Å². The second kappa shape index (κ2) is 28.7. The molecule has 3 amide bonds. The van der Waals surface area contributed by atoms with Crippen LogP contribution in [0.4, 0.5) is 0 Å². The lowest BCUT2D eigenvalue weighted by Crippen LogP contribution is -2.36. The van der Waals surface area contributed by atoms with Crippen molar-refractivity contribution in [2.75, 3.05) is 119 Å². The van der Waals surface area contributed by atoms with E-state index in [1.54, 1.807) is 6.92 Å². The number of Topliss-reactive ketones (excluding diaryl/α,β-unsaturated/α-hetero) is 1. The Bertz CT molecular complexity index is 1070. The molecule has 49 heavy (non-hydrogen) atoms. The number of nitrogens with zero attached hydrogens (tertiary/aromatic N) is 1. The molecule has 1 aliphatic heterocycles. The molecule has 2 aliphatic rings. The molecule has 276 valence electrons. The molecule has 14 heteroatoms. The van der Waals surface area contributed by atoms with Crippen molar-refractivity contribution in [1.29, 1.82) is 0 Å². The van der Waals surface area contributed by atoms with Crippen molar-refractivity contribution in [1.82, 2.24) is 10.2 Å². The van der Waals surface area contributed by atoms with Crippen LogP contribution in [0.2, 0.25) is 0 Å². The smallest absolute Gasteiger partial charge is 0.237 e. The second-order valence-corrected chi connectivity index (χ2v) is 10.9. The van der Waals surface area contributed by atoms with Gasteiger partial charge in [0, 0.05) is 32.4 Å². The van der Waals surface area contributed by atoms with Crippen LogP contribution in [0.25, 0.3) is 0 Å². The van der Waals surface area contributed by atoms with Gasteiger partial charge in [0.1, 0.15) is 5.78 Å². The maximum atomic E-state index is 12.8. The van der Waals surface area contributed by atoms with Crippen molar-refractivity contribution in [2.45, 2.75) is 26.2 Å². The number of likely N-dealkylation sites (tertiary alicyclic amines) is 1. The van der Waals surface area contributed by atoms with Crippen LogP contribution in [0.3, 0.4) is 0 Å². The Morgan fingerprint density at radius 1 is 0.633 bits per heavy atom. The van der Waals surface area contributed by atoms with Gasteiger partial charge >= 0.3 is 0 Å². The van der Waals surface area contributed by atoms with E-state index < -0.39 is 5.92 Å². The number of ether oxygens (including phenoxy) is 8. The Kier molecular flexibility index (Phi) is 24.7. The average Bonchev–Trinajstić information content (AvgIpc) is 3.35. The van der Waals surface area contributed by atoms with E-state index in [1.807, 2.05) is 42.5 Å². The highest BCUT2D eigenvalue weighted by atomic mass is 16.6. The van der Waals surface area contributed by atoms with E-state index in [-0.39, 0.29) is 42.9 Å². The van der Waals surface area contributed by atoms with Gasteiger partial charge in [0.05, 0.1) is 112 Å². The maximum Gasteiger partial charge on any atom is 0.237 e. The number of allylic oxidation sites excluding steroid dienone is 7. The first-order valence-electron chi connectivity index (χ1n) is 16.9. The predicted molar refractivity (Wildman–Crippen MR) is 180 cm³/mol. The second-order valence-electron chi connectivity index (χ2n) is 10.9. The quantitative estimate of drug-likeness (QED) is 0.0827. The summed E-state index contributed by atoms with van der Waals surface area (Å²) in [6.45, 7) is 9.02. The van der Waals surface area contributed by atoms with Gasteiger partial charge in [-0.3, -0.25) is 24.1 Å². The molecular formula is C35H54N2O12. The van der Waals surface area contributed by atoms with Crippen LogP contribution in [0.5, 0.6) is 0 Å². The first-order chi connectivity index (χ1) is 24.0. The van der Waals surface area contributed by atoms with Crippen molar-refractivity contribution in [2.24, 2.45) is 5.92 Å². The van der Waals surface area contributed by atoms with Crippen molar-refractivity contribution < 1.29 is 57.1 Å². The maximum absolute atomic E-state index is 12.8. The third kappa shape index (κ3) is 21.6. The van der Waals surface area contributed by atoms with E-state index >= 15 is 0 Å². The SMILES string of the molecule is CC(=O)CCOCCOCCOCCOCCOCCOCCOCCOCCNC(=O)CCN1C(=O)CC(C2=C/C=C\C=C/C=C\2)C1=O. The van der Waals surface area contributed by atoms with Crippen LogP contribution in [0.15, 0.2) is 48.1 Å². The van der Waals surface area contributed by atoms with Gasteiger partial charge in [-0.25, -0.2) is 0 Å². The summed E-state index contributed by atoms with van der Waals surface area (Å²) in [5, 5.41) is 2.74. The molecule has 1 atom stereocenters. The van der Waals surface area contributed by atoms with Crippen LogP contribution in [-0.4, -0.2) is 147 Å². The van der Waals surface area contributed by atoms with Gasteiger partial charge in [-0.2, -0.15) is 0 Å². The molecule has 1 saturated heterocycles. The number of imide groups is 1. The summed E-state index contributed by atoms with van der Waals surface area (Å²) in [5.41, 5.74) is 0.781. The summed E-state index contributed by atoms with van der Waals surface area (Å²) >= 11 is 0. The number of ketones is 1. The molecule has 1 N–H and O–H groups in total. The highest BCUT2D eigenvalue weighted by Gasteiger charge is 2.39. The Morgan fingerprint density at radius 3 is 1.59 bits per heavy atom. The van der Waals surface area contributed by atoms with Gasteiger partial charge in [-0.1, -0.05) is 42.5 Å². The van der Waals surface area contributed by atoms with Crippen molar-refractivity contribution in [3.63, 3.8) is 0 Å². The Hall–Kier alpha value is -3.08. The molecule has 1 aliphatic carbocycles. The summed E-state index contributed by atoms with van der Waals surface area (Å²) in [7, 11) is 0. The van der Waals surface area contributed by atoms with E-state index in [4.69, 9.17) is 37.9 Å². The van der Waals surface area contributed by atoms with Gasteiger partial charge in [0.25, 0.3) is 0 Å². The van der Waals surface area contributed by atoms with Gasteiger partial charge < -0.3 is 43.2 Å². The summed E-state index contributed by atoms with van der Waals surface area (Å²) in [4.78, 5) is 49.4. The van der Waals surface area contributed by atoms with Crippen molar-refractivity contribution in [3.05, 3.63) is 48.1 Å². The van der Waals surface area contributed by atoms with Crippen LogP contribution in [0, 0.1) is 5.92 Å². The number of nitrogens with one attached hydrogen (secondary N) is 1. The lowest BCUT2D eigenvalue weighted by atomic mass is 9.95. The van der Waals surface area contributed by atoms with E-state index in [2.05, 4.69) is 5.32 Å². The first-order valence-corrected chi connectivity index (χ1v) is 16.9. The Balaban J connectivity index is 1.28. The number of amides is 3. The van der Waals surface area contributed by atoms with Gasteiger partial charge in [-0.15, -0.1) is 0 Å². The minimum Gasteiger partial charge on any atom is -0.379 e. The number of rotatable bonds is 31. The largest absolute Gasteiger partial charge is 0.379 e. The molecule has 0 aromatic heterocycles. The lowest BCUT2D eigenvalue weighted by Gasteiger charge is -2.15. The summed E-state index contributed by atoms with van der Waals surface area (Å²) in [6, 6.07) is 0. The highest BCUT2D eigenvalue weighted by molar-refractivity contribution is 6.05. The highest BCUT2D eigenvalue weighted by Crippen LogP contribution is 2.28. The van der Waals surface area contributed by atoms with E-state index in [1.165, 1.54) is 4.90 Å². The molecule has 0 radical (unpaired) electrons. The molecule has 1 heterocycles. The van der Waals surface area contributed by atoms with Crippen LogP contribution >= 0.6 is 0 Å². The molecule has 0 aromatic rings. The molecule has 2 rings (SSSR count). The van der Waals surface area contributed by atoms with Gasteiger partial charge in [-0.05, 0) is 12.5 Å². The fourth-order valence-corrected chi connectivity index (χ4v) is 4.41. The zero-order valence-corrected chi connectivity index (χ0v) is 28.8. The van der Waals surface area contributed by atoms with E-state index in [0.29, 0.717) is 119 Å². The fourth-order valence-electron chi connectivity index (χ4n) is 4.41. The molecule has 0 saturated carbocycles. The lowest BCUT2D eigenvalue weighted by molar-refractivity contribution is -0.139. The molecular weight excluding hydrogens is 640 g/mol. The van der Waals surface area contributed by atoms with Crippen molar-refractivity contribution in [3.8, 4) is 0 Å². The van der Waals surface area contributed by atoms with Crippen LogP contribution in [-0.2, 0) is 57.1 Å². The summed E-state index contributed by atoms with van der Waals surface area (Å²) in [5.74, 6) is -1.18. The minimum absolute atomic E-state index is 0.0420. The topological polar surface area (TPSA) is 157 Å². The zero-order valence-electron chi connectivity index (χ0n) is 28.8. The average molecular weight is 695 g/mol. The normalized spacial score (nSPS) is 18.9. The number of carbonyl (C=O) groups excluding carboxylic acids is 4.